The number of rotatable bonds is 3. The predicted octanol–water partition coefficient (Wildman–Crippen LogP) is 2.74. The van der Waals surface area contributed by atoms with Crippen molar-refractivity contribution < 1.29 is 0 Å². The van der Waals surface area contributed by atoms with Crippen LogP contribution in [0.5, 0.6) is 0 Å². The largest absolute Gasteiger partial charge is 0.259 e. The van der Waals surface area contributed by atoms with Crippen molar-refractivity contribution in [3.63, 3.8) is 0 Å². The van der Waals surface area contributed by atoms with E-state index in [1.165, 1.54) is 0 Å². The summed E-state index contributed by atoms with van der Waals surface area (Å²) in [4.78, 5) is 14.5. The maximum absolute atomic E-state index is 10.4. The number of aromatic nitrogens is 1. The van der Waals surface area contributed by atoms with Crippen LogP contribution in [-0.2, 0) is 6.42 Å². The third-order valence-corrected chi connectivity index (χ3v) is 1.78. The Morgan fingerprint density at radius 3 is 2.92 bits per heavy atom. The maximum Gasteiger partial charge on any atom is 0.132 e. The Morgan fingerprint density at radius 1 is 1.58 bits per heavy atom. The lowest BCUT2D eigenvalue weighted by Crippen LogP contribution is -1.90. The molecule has 0 atom stereocenters. The molecule has 0 fully saturated rings. The van der Waals surface area contributed by atoms with Crippen LogP contribution < -0.4 is 0 Å². The van der Waals surface area contributed by atoms with Crippen molar-refractivity contribution in [2.24, 2.45) is 5.18 Å². The molecular formula is C9H12N2O. The number of nitrogens with zero attached hydrogens (tertiary/aromatic N) is 2. The lowest BCUT2D eigenvalue weighted by atomic mass is 10.1. The molecule has 3 nitrogen and oxygen atoms in total. The molecule has 0 saturated heterocycles. The minimum atomic E-state index is 0.513. The summed E-state index contributed by atoms with van der Waals surface area (Å²) in [5.41, 5.74) is 2.23. The van der Waals surface area contributed by atoms with Crippen LogP contribution >= 0.6 is 0 Å². The van der Waals surface area contributed by atoms with Crippen LogP contribution in [0, 0.1) is 11.8 Å². The van der Waals surface area contributed by atoms with E-state index in [1.807, 2.05) is 6.92 Å². The first kappa shape index (κ1) is 8.84. The Labute approximate surface area is 71.8 Å². The Balaban J connectivity index is 3.09. The van der Waals surface area contributed by atoms with Crippen molar-refractivity contribution in [3.8, 4) is 0 Å². The number of aryl methyl sites for hydroxylation is 2. The van der Waals surface area contributed by atoms with Crippen molar-refractivity contribution in [3.05, 3.63) is 28.4 Å². The smallest absolute Gasteiger partial charge is 0.132 e. The van der Waals surface area contributed by atoms with Crippen molar-refractivity contribution in [1.82, 2.24) is 4.98 Å². The molecule has 0 aliphatic rings. The first-order valence-electron chi connectivity index (χ1n) is 4.07. The van der Waals surface area contributed by atoms with Gasteiger partial charge in [-0.1, -0.05) is 13.3 Å². The molecule has 12 heavy (non-hydrogen) atoms. The van der Waals surface area contributed by atoms with Crippen LogP contribution in [0.4, 0.5) is 5.69 Å². The molecule has 0 unspecified atom stereocenters. The van der Waals surface area contributed by atoms with Gasteiger partial charge in [-0.15, -0.1) is 4.91 Å². The monoisotopic (exact) mass is 164 g/mol. The molecule has 0 radical (unpaired) electrons. The maximum atomic E-state index is 10.4. The number of hydrogen-bond donors (Lipinski definition) is 0. The highest BCUT2D eigenvalue weighted by molar-refractivity contribution is 5.48. The highest BCUT2D eigenvalue weighted by Crippen LogP contribution is 2.22. The minimum absolute atomic E-state index is 0.513. The number of hydrogen-bond acceptors (Lipinski definition) is 3. The predicted molar refractivity (Wildman–Crippen MR) is 48.4 cm³/mol. The highest BCUT2D eigenvalue weighted by atomic mass is 16.3. The molecule has 0 saturated carbocycles. The van der Waals surface area contributed by atoms with E-state index in [1.54, 1.807) is 12.3 Å². The topological polar surface area (TPSA) is 42.3 Å². The Kier molecular flexibility index (Phi) is 2.91. The molecular weight excluding hydrogens is 152 g/mol. The first-order chi connectivity index (χ1) is 5.79. The molecule has 0 N–H and O–H groups in total. The summed E-state index contributed by atoms with van der Waals surface area (Å²) >= 11 is 0. The van der Waals surface area contributed by atoms with Gasteiger partial charge in [0.05, 0.1) is 5.69 Å². The van der Waals surface area contributed by atoms with Crippen LogP contribution in [0.1, 0.15) is 24.6 Å². The summed E-state index contributed by atoms with van der Waals surface area (Å²) in [5.74, 6) is 0. The fraction of sp³-hybridized carbons (Fsp3) is 0.444. The van der Waals surface area contributed by atoms with E-state index in [0.29, 0.717) is 5.69 Å². The average Bonchev–Trinajstić information content (AvgIpc) is 2.05. The second-order valence-corrected chi connectivity index (χ2v) is 2.76. The second-order valence-electron chi connectivity index (χ2n) is 2.76. The molecule has 0 aliphatic heterocycles. The minimum Gasteiger partial charge on any atom is -0.259 e. The molecule has 0 aliphatic carbocycles. The Bertz CT molecular complexity index is 284. The van der Waals surface area contributed by atoms with Gasteiger partial charge < -0.3 is 0 Å². The molecule has 1 aromatic heterocycles. The van der Waals surface area contributed by atoms with E-state index in [0.717, 1.165) is 24.1 Å². The third kappa shape index (κ3) is 1.67. The highest BCUT2D eigenvalue weighted by Gasteiger charge is 2.05. The van der Waals surface area contributed by atoms with Crippen LogP contribution in [0.25, 0.3) is 0 Å². The second kappa shape index (κ2) is 3.95. The van der Waals surface area contributed by atoms with E-state index >= 15 is 0 Å². The van der Waals surface area contributed by atoms with Gasteiger partial charge in [-0.25, -0.2) is 0 Å². The van der Waals surface area contributed by atoms with Gasteiger partial charge in [0.15, 0.2) is 0 Å². The summed E-state index contributed by atoms with van der Waals surface area (Å²) < 4.78 is 0. The van der Waals surface area contributed by atoms with E-state index in [9.17, 15) is 4.91 Å². The van der Waals surface area contributed by atoms with Crippen LogP contribution in [0.2, 0.25) is 0 Å². The van der Waals surface area contributed by atoms with Crippen molar-refractivity contribution >= 4 is 5.69 Å². The zero-order chi connectivity index (χ0) is 8.97. The molecule has 3 heteroatoms. The van der Waals surface area contributed by atoms with E-state index < -0.39 is 0 Å². The van der Waals surface area contributed by atoms with Crippen LogP contribution in [0.15, 0.2) is 17.4 Å². The van der Waals surface area contributed by atoms with Gasteiger partial charge in [-0.3, -0.25) is 4.98 Å². The molecule has 0 amide bonds. The fourth-order valence-corrected chi connectivity index (χ4v) is 1.15. The first-order valence-corrected chi connectivity index (χ1v) is 4.07. The fourth-order valence-electron chi connectivity index (χ4n) is 1.15. The van der Waals surface area contributed by atoms with Crippen LogP contribution in [-0.4, -0.2) is 4.98 Å². The van der Waals surface area contributed by atoms with E-state index in [4.69, 9.17) is 0 Å². The SMILES string of the molecule is CCCc1nccc(C)c1N=O. The Hall–Kier alpha value is -1.25. The number of pyridine rings is 1. The molecule has 1 heterocycles. The summed E-state index contributed by atoms with van der Waals surface area (Å²) in [5, 5.41) is 2.98. The zero-order valence-electron chi connectivity index (χ0n) is 7.37. The lowest BCUT2D eigenvalue weighted by molar-refractivity contribution is 0.879. The molecule has 0 aromatic carbocycles. The van der Waals surface area contributed by atoms with Gasteiger partial charge in [-0.2, -0.15) is 0 Å². The summed E-state index contributed by atoms with van der Waals surface area (Å²) in [6, 6.07) is 1.80. The normalized spacial score (nSPS) is 9.83. The van der Waals surface area contributed by atoms with Crippen molar-refractivity contribution in [1.29, 1.82) is 0 Å². The molecule has 0 spiro atoms. The number of nitroso groups, excluding NO2 is 1. The average molecular weight is 164 g/mol. The van der Waals surface area contributed by atoms with E-state index in [-0.39, 0.29) is 0 Å². The van der Waals surface area contributed by atoms with Gasteiger partial charge in [-0.05, 0) is 30.2 Å². The molecule has 1 aromatic rings. The standard InChI is InChI=1S/C9H12N2O/c1-3-4-8-9(11-12)7(2)5-6-10-8/h5-6H,3-4H2,1-2H3. The lowest BCUT2D eigenvalue weighted by Gasteiger charge is -2.02. The van der Waals surface area contributed by atoms with Gasteiger partial charge in [0, 0.05) is 6.20 Å². The Morgan fingerprint density at radius 2 is 2.33 bits per heavy atom. The third-order valence-electron chi connectivity index (χ3n) is 1.78. The summed E-state index contributed by atoms with van der Waals surface area (Å²) in [7, 11) is 0. The van der Waals surface area contributed by atoms with Crippen molar-refractivity contribution in [2.45, 2.75) is 26.7 Å². The molecule has 1 rings (SSSR count). The van der Waals surface area contributed by atoms with E-state index in [2.05, 4.69) is 17.1 Å². The van der Waals surface area contributed by atoms with Gasteiger partial charge >= 0.3 is 0 Å². The van der Waals surface area contributed by atoms with Gasteiger partial charge in [0.2, 0.25) is 0 Å². The van der Waals surface area contributed by atoms with Gasteiger partial charge in [0.1, 0.15) is 5.69 Å². The van der Waals surface area contributed by atoms with Crippen LogP contribution in [0.3, 0.4) is 0 Å². The zero-order valence-corrected chi connectivity index (χ0v) is 7.37. The summed E-state index contributed by atoms with van der Waals surface area (Å²) in [6.07, 6.45) is 3.52. The quantitative estimate of drug-likeness (QED) is 0.644. The molecule has 64 valence electrons. The summed E-state index contributed by atoms with van der Waals surface area (Å²) in [6.45, 7) is 3.93. The molecule has 0 bridgehead atoms. The van der Waals surface area contributed by atoms with Gasteiger partial charge in [0.25, 0.3) is 0 Å². The van der Waals surface area contributed by atoms with Crippen molar-refractivity contribution in [2.75, 3.05) is 0 Å².